The molecule has 348 valence electrons. The Kier molecular flexibility index (Phi) is 11.5. The zero-order chi connectivity index (χ0) is 46.4. The van der Waals surface area contributed by atoms with Gasteiger partial charge in [0.15, 0.2) is 0 Å². The molecule has 0 radical (unpaired) electrons. The van der Waals surface area contributed by atoms with Gasteiger partial charge >= 0.3 is 0 Å². The maximum Gasteiger partial charge on any atom is 0.127 e. The average molecular weight is 882 g/mol. The highest BCUT2D eigenvalue weighted by atomic mass is 16.3. The van der Waals surface area contributed by atoms with E-state index >= 15 is 0 Å². The molecule has 0 spiro atoms. The van der Waals surface area contributed by atoms with E-state index in [-0.39, 0.29) is 27.1 Å². The molecule has 0 amide bonds. The van der Waals surface area contributed by atoms with Crippen LogP contribution in [0.25, 0.3) is 44.8 Å². The molecule has 6 aliphatic rings. The van der Waals surface area contributed by atoms with Crippen molar-refractivity contribution >= 4 is 0 Å². The Balaban J connectivity index is 1.10. The van der Waals surface area contributed by atoms with Crippen molar-refractivity contribution in [1.82, 2.24) is 4.98 Å². The number of phenolic OH excluding ortho intramolecular Hbond substituents is 2. The van der Waals surface area contributed by atoms with Gasteiger partial charge in [-0.05, 0) is 174 Å². The van der Waals surface area contributed by atoms with Crippen LogP contribution in [0.2, 0.25) is 0 Å². The summed E-state index contributed by atoms with van der Waals surface area (Å²) in [5.74, 6) is 4.60. The summed E-state index contributed by atoms with van der Waals surface area (Å²) in [5.41, 5.74) is 12.9. The highest BCUT2D eigenvalue weighted by Crippen LogP contribution is 2.63. The van der Waals surface area contributed by atoms with Gasteiger partial charge in [0.1, 0.15) is 11.5 Å². The average Bonchev–Trinajstić information content (AvgIpc) is 3.25. The van der Waals surface area contributed by atoms with Crippen LogP contribution >= 0.6 is 0 Å². The van der Waals surface area contributed by atoms with Crippen molar-refractivity contribution in [1.29, 1.82) is 0 Å². The summed E-state index contributed by atoms with van der Waals surface area (Å²) in [5, 5.41) is 25.6. The van der Waals surface area contributed by atoms with Crippen molar-refractivity contribution in [3.05, 3.63) is 113 Å². The maximum absolute atomic E-state index is 12.9. The van der Waals surface area contributed by atoms with Gasteiger partial charge in [-0.15, -0.1) is 0 Å². The van der Waals surface area contributed by atoms with E-state index in [9.17, 15) is 10.2 Å². The van der Waals surface area contributed by atoms with Gasteiger partial charge in [0.2, 0.25) is 0 Å². The fourth-order valence-electron chi connectivity index (χ4n) is 16.0. The molecule has 6 fully saturated rings. The van der Waals surface area contributed by atoms with E-state index in [0.717, 1.165) is 94.1 Å². The second kappa shape index (κ2) is 16.7. The van der Waals surface area contributed by atoms with Crippen molar-refractivity contribution < 1.29 is 10.2 Å². The van der Waals surface area contributed by atoms with Gasteiger partial charge in [0.05, 0.1) is 11.4 Å². The summed E-state index contributed by atoms with van der Waals surface area (Å²) in [6.45, 7) is 21.3. The Morgan fingerprint density at radius 2 is 0.970 bits per heavy atom. The number of benzene rings is 4. The molecular formula is C63H79NO2. The fourth-order valence-corrected chi connectivity index (χ4v) is 16.0. The van der Waals surface area contributed by atoms with Crippen LogP contribution < -0.4 is 0 Å². The normalized spacial score (nSPS) is 26.3. The molecule has 2 N–H and O–H groups in total. The first-order valence-electron chi connectivity index (χ1n) is 26.2. The smallest absolute Gasteiger partial charge is 0.127 e. The highest BCUT2D eigenvalue weighted by Gasteiger charge is 2.53. The molecule has 0 unspecified atom stereocenters. The van der Waals surface area contributed by atoms with E-state index in [1.165, 1.54) is 92.9 Å². The van der Waals surface area contributed by atoms with Gasteiger partial charge in [-0.25, -0.2) is 4.98 Å². The summed E-state index contributed by atoms with van der Waals surface area (Å²) in [7, 11) is 0. The standard InChI is InChI=1S/C63H79NO2/c1-40(2)34-60(6,7)45-30-51(57(65)53(32-45)62-25-15-17-41(35-62)18-16-26-62)47-19-10-12-21-49(47)55-23-14-24-56(64-55)50-22-13-11-20-48(50)52-31-46(61(8,9)39-59(3,4)5)33-54(58(52)66)63-36-42-27-43(37-63)29-44(28-42)38-63/h10-14,19-24,30-33,40-44,65-66H,15-18,25-29,34-39H2,1-9H3. The van der Waals surface area contributed by atoms with Crippen molar-refractivity contribution in [2.45, 2.75) is 180 Å². The lowest BCUT2D eigenvalue weighted by Crippen LogP contribution is -2.48. The second-order valence-electron chi connectivity index (χ2n) is 25.8. The summed E-state index contributed by atoms with van der Waals surface area (Å²) in [6.07, 6.45) is 18.5. The van der Waals surface area contributed by atoms with Gasteiger partial charge in [-0.3, -0.25) is 0 Å². The predicted molar refractivity (Wildman–Crippen MR) is 276 cm³/mol. The number of fused-ring (bicyclic) bond motifs is 2. The lowest BCUT2D eigenvalue weighted by Gasteiger charge is -2.57. The van der Waals surface area contributed by atoms with E-state index in [1.54, 1.807) is 0 Å². The molecule has 4 aromatic carbocycles. The van der Waals surface area contributed by atoms with Crippen LogP contribution in [0.15, 0.2) is 91.0 Å². The van der Waals surface area contributed by atoms with Crippen molar-refractivity contribution in [3.63, 3.8) is 0 Å². The van der Waals surface area contributed by atoms with Gasteiger partial charge < -0.3 is 10.2 Å². The topological polar surface area (TPSA) is 53.4 Å². The molecule has 11 rings (SSSR count). The predicted octanol–water partition coefficient (Wildman–Crippen LogP) is 17.3. The minimum absolute atomic E-state index is 0.0289. The van der Waals surface area contributed by atoms with E-state index in [4.69, 9.17) is 4.98 Å². The quantitative estimate of drug-likeness (QED) is 0.139. The number of aromatic nitrogens is 1. The number of rotatable bonds is 11. The van der Waals surface area contributed by atoms with E-state index in [2.05, 4.69) is 153 Å². The Labute approximate surface area is 398 Å². The van der Waals surface area contributed by atoms with Crippen LogP contribution in [0.5, 0.6) is 11.5 Å². The number of pyridine rings is 1. The van der Waals surface area contributed by atoms with Crippen LogP contribution in [0.4, 0.5) is 0 Å². The van der Waals surface area contributed by atoms with Crippen molar-refractivity contribution in [2.24, 2.45) is 35.0 Å². The molecule has 6 bridgehead atoms. The third-order valence-electron chi connectivity index (χ3n) is 17.8. The number of nitrogens with zero attached hydrogens (tertiary/aromatic N) is 1. The molecule has 3 nitrogen and oxygen atoms in total. The highest BCUT2D eigenvalue weighted by molar-refractivity contribution is 5.89. The first-order valence-corrected chi connectivity index (χ1v) is 26.2. The molecule has 5 aromatic rings. The summed E-state index contributed by atoms with van der Waals surface area (Å²) in [6, 6.07) is 33.2. The molecule has 3 heteroatoms. The molecule has 66 heavy (non-hydrogen) atoms. The van der Waals surface area contributed by atoms with E-state index in [0.29, 0.717) is 17.4 Å². The van der Waals surface area contributed by atoms with Crippen LogP contribution in [0.3, 0.4) is 0 Å². The number of aromatic hydroxyl groups is 2. The van der Waals surface area contributed by atoms with Crippen molar-refractivity contribution in [2.75, 3.05) is 0 Å². The largest absolute Gasteiger partial charge is 0.507 e. The van der Waals surface area contributed by atoms with Crippen LogP contribution in [0, 0.1) is 35.0 Å². The van der Waals surface area contributed by atoms with Gasteiger partial charge in [-0.2, -0.15) is 0 Å². The van der Waals surface area contributed by atoms with Gasteiger partial charge in [-0.1, -0.05) is 155 Å². The Hall–Kier alpha value is -4.37. The monoisotopic (exact) mass is 882 g/mol. The number of phenols is 2. The fraction of sp³-hybridized carbons (Fsp3) is 0.540. The molecule has 0 aliphatic heterocycles. The summed E-state index contributed by atoms with van der Waals surface area (Å²) >= 11 is 0. The minimum Gasteiger partial charge on any atom is -0.507 e. The van der Waals surface area contributed by atoms with Gasteiger partial charge in [0, 0.05) is 33.4 Å². The Bertz CT molecular complexity index is 2570. The first-order chi connectivity index (χ1) is 31.3. The van der Waals surface area contributed by atoms with E-state index < -0.39 is 0 Å². The third kappa shape index (κ3) is 8.36. The zero-order valence-corrected chi connectivity index (χ0v) is 42.0. The first kappa shape index (κ1) is 45.4. The SMILES string of the molecule is CC(C)CC(C)(C)c1cc(-c2ccccc2-c2cccc(-c3ccccc3-c3cc(C(C)(C)CC(C)(C)C)cc(C45CC6CC(CC(C6)C4)C5)c3O)n2)c(O)c(C23CCCC(CCC2)C3)c1. The molecule has 6 aliphatic carbocycles. The Morgan fingerprint density at radius 3 is 1.44 bits per heavy atom. The molecule has 0 saturated heterocycles. The van der Waals surface area contributed by atoms with Crippen LogP contribution in [-0.2, 0) is 21.7 Å². The number of hydrogen-bond acceptors (Lipinski definition) is 3. The lowest BCUT2D eigenvalue weighted by atomic mass is 9.47. The molecule has 1 heterocycles. The second-order valence-corrected chi connectivity index (χ2v) is 25.8. The maximum atomic E-state index is 12.9. The zero-order valence-electron chi connectivity index (χ0n) is 42.0. The summed E-state index contributed by atoms with van der Waals surface area (Å²) < 4.78 is 0. The molecule has 0 atom stereocenters. The van der Waals surface area contributed by atoms with E-state index in [1.807, 2.05) is 0 Å². The van der Waals surface area contributed by atoms with Gasteiger partial charge in [0.25, 0.3) is 0 Å². The number of hydrogen-bond donors (Lipinski definition) is 2. The minimum atomic E-state index is -0.0867. The van der Waals surface area contributed by atoms with Crippen molar-refractivity contribution in [3.8, 4) is 56.3 Å². The summed E-state index contributed by atoms with van der Waals surface area (Å²) in [4.78, 5) is 5.55. The van der Waals surface area contributed by atoms with Crippen LogP contribution in [-0.4, -0.2) is 15.2 Å². The molecular weight excluding hydrogens is 803 g/mol. The third-order valence-corrected chi connectivity index (χ3v) is 17.8. The molecule has 6 saturated carbocycles. The van der Waals surface area contributed by atoms with Crippen LogP contribution in [0.1, 0.15) is 181 Å². The Morgan fingerprint density at radius 1 is 0.530 bits per heavy atom. The lowest BCUT2D eigenvalue weighted by molar-refractivity contribution is -0.00617. The molecule has 1 aromatic heterocycles.